The van der Waals surface area contributed by atoms with Crippen molar-refractivity contribution in [3.8, 4) is 0 Å². The third-order valence-electron chi connectivity index (χ3n) is 11.9. The van der Waals surface area contributed by atoms with Crippen molar-refractivity contribution >= 4 is 23.9 Å². The molecule has 0 spiro atoms. The van der Waals surface area contributed by atoms with Gasteiger partial charge in [0.05, 0.1) is 6.61 Å². The second-order valence-corrected chi connectivity index (χ2v) is 18.8. The van der Waals surface area contributed by atoms with Crippen molar-refractivity contribution < 1.29 is 58.2 Å². The van der Waals surface area contributed by atoms with E-state index in [9.17, 15) is 34.5 Å². The van der Waals surface area contributed by atoms with Gasteiger partial charge in [-0.2, -0.15) is 0 Å². The fraction of sp³-hybridized carbons (Fsp3) is 0.569. The van der Waals surface area contributed by atoms with E-state index in [0.29, 0.717) is 25.7 Å². The molecule has 77 heavy (non-hydrogen) atoms. The summed E-state index contributed by atoms with van der Waals surface area (Å²) in [6.45, 7) is 5.54. The molecule has 0 radical (unpaired) electrons. The van der Waals surface area contributed by atoms with E-state index in [1.54, 1.807) is 0 Å². The standard InChI is InChI=1S/C65H98O12/c1-4-7-10-13-16-19-22-25-27-29-31-34-36-39-42-45-48-51-57(66)73-54-56(75-58(67)52-49-46-43-40-38-35-32-30-28-26-23-20-17-14-11-8-5-2)55-74-65-63(61(70)60(69)62(77-65)64(71)72)76-59(68)53-50-47-44-41-37-33-24-21-18-15-12-9-6-3/h7-12,16-21,25-28,31-35,37,39,42,56,60-63,65,69-70H,4-6,13-15,22-24,29-30,36,38,40-41,43-55H2,1-3H3,(H,71,72)/b10-7-,11-8-,12-9-,19-16-,20-17-,21-18-,27-25-,28-26-,34-31-,35-32-,37-33-,42-39-. The number of aliphatic hydroxyl groups is 2. The topological polar surface area (TPSA) is 175 Å². The second-order valence-electron chi connectivity index (χ2n) is 18.8. The molecule has 12 nitrogen and oxygen atoms in total. The average Bonchev–Trinajstić information content (AvgIpc) is 3.42. The van der Waals surface area contributed by atoms with E-state index >= 15 is 0 Å². The minimum absolute atomic E-state index is 0.00777. The highest BCUT2D eigenvalue weighted by Crippen LogP contribution is 2.26. The molecule has 1 fully saturated rings. The molecule has 1 rings (SSSR count). The monoisotopic (exact) mass is 1070 g/mol. The molecule has 1 aliphatic rings. The van der Waals surface area contributed by atoms with Crippen molar-refractivity contribution in [2.24, 2.45) is 0 Å². The zero-order chi connectivity index (χ0) is 56.1. The van der Waals surface area contributed by atoms with Crippen molar-refractivity contribution in [3.63, 3.8) is 0 Å². The number of hydrogen-bond donors (Lipinski definition) is 3. The molecular weight excluding hydrogens is 973 g/mol. The van der Waals surface area contributed by atoms with Gasteiger partial charge in [0.2, 0.25) is 0 Å². The third-order valence-corrected chi connectivity index (χ3v) is 11.9. The Kier molecular flexibility index (Phi) is 46.4. The van der Waals surface area contributed by atoms with Crippen LogP contribution in [0.3, 0.4) is 0 Å². The minimum Gasteiger partial charge on any atom is -0.479 e. The molecule has 0 aromatic heterocycles. The summed E-state index contributed by atoms with van der Waals surface area (Å²) in [5.41, 5.74) is 0. The summed E-state index contributed by atoms with van der Waals surface area (Å²) in [6.07, 6.45) is 61.1. The lowest BCUT2D eigenvalue weighted by molar-refractivity contribution is -0.301. The molecule has 1 saturated heterocycles. The number of hydrogen-bond acceptors (Lipinski definition) is 11. The summed E-state index contributed by atoms with van der Waals surface area (Å²) in [7, 11) is 0. The van der Waals surface area contributed by atoms with Crippen LogP contribution in [0.25, 0.3) is 0 Å². The Balaban J connectivity index is 2.79. The second kappa shape index (κ2) is 51.4. The number of aliphatic hydroxyl groups excluding tert-OH is 2. The van der Waals surface area contributed by atoms with E-state index < -0.39 is 67.3 Å². The molecule has 0 aliphatic carbocycles. The number of aliphatic carboxylic acids is 1. The molecule has 6 unspecified atom stereocenters. The van der Waals surface area contributed by atoms with Crippen LogP contribution < -0.4 is 0 Å². The molecule has 12 heteroatoms. The van der Waals surface area contributed by atoms with Crippen LogP contribution in [0.5, 0.6) is 0 Å². The van der Waals surface area contributed by atoms with Gasteiger partial charge in [0.25, 0.3) is 0 Å². The molecule has 1 heterocycles. The fourth-order valence-corrected chi connectivity index (χ4v) is 7.58. The maximum Gasteiger partial charge on any atom is 0.335 e. The van der Waals surface area contributed by atoms with Gasteiger partial charge in [0.15, 0.2) is 24.6 Å². The van der Waals surface area contributed by atoms with Crippen LogP contribution in [0.15, 0.2) is 146 Å². The molecule has 3 N–H and O–H groups in total. The lowest BCUT2D eigenvalue weighted by Gasteiger charge is -2.40. The first-order valence-electron chi connectivity index (χ1n) is 28.8. The van der Waals surface area contributed by atoms with Gasteiger partial charge >= 0.3 is 23.9 Å². The van der Waals surface area contributed by atoms with Crippen LogP contribution in [-0.2, 0) is 42.9 Å². The van der Waals surface area contributed by atoms with E-state index in [0.717, 1.165) is 122 Å². The van der Waals surface area contributed by atoms with Crippen LogP contribution in [-0.4, -0.2) is 89.2 Å². The summed E-state index contributed by atoms with van der Waals surface area (Å²) in [5.74, 6) is -3.30. The van der Waals surface area contributed by atoms with Gasteiger partial charge in [-0.15, -0.1) is 0 Å². The smallest absolute Gasteiger partial charge is 0.335 e. The van der Waals surface area contributed by atoms with Crippen LogP contribution in [0.1, 0.15) is 188 Å². The Hall–Kier alpha value is -5.40. The first-order valence-corrected chi connectivity index (χ1v) is 28.8. The van der Waals surface area contributed by atoms with Gasteiger partial charge in [-0.3, -0.25) is 14.4 Å². The van der Waals surface area contributed by atoms with Gasteiger partial charge < -0.3 is 39.0 Å². The maximum absolute atomic E-state index is 13.1. The number of allylic oxidation sites excluding steroid dienone is 24. The predicted molar refractivity (Wildman–Crippen MR) is 312 cm³/mol. The summed E-state index contributed by atoms with van der Waals surface area (Å²) < 4.78 is 28.3. The van der Waals surface area contributed by atoms with Gasteiger partial charge in [0, 0.05) is 19.3 Å². The zero-order valence-electron chi connectivity index (χ0n) is 47.1. The molecule has 0 saturated carbocycles. The molecule has 0 aromatic carbocycles. The van der Waals surface area contributed by atoms with Gasteiger partial charge in [-0.1, -0.05) is 186 Å². The number of carbonyl (C=O) groups is 4. The maximum atomic E-state index is 13.1. The van der Waals surface area contributed by atoms with Crippen molar-refractivity contribution in [2.45, 2.75) is 225 Å². The van der Waals surface area contributed by atoms with Gasteiger partial charge in [0.1, 0.15) is 18.8 Å². The predicted octanol–water partition coefficient (Wildman–Crippen LogP) is 14.8. The van der Waals surface area contributed by atoms with Crippen molar-refractivity contribution in [1.29, 1.82) is 0 Å². The SMILES string of the molecule is CC/C=C\C/C=C\C/C=C\C/C=C\C/C=C\CCCC(=O)OCC(COC1OC(C(=O)O)C(O)C(O)C1OC(=O)CCCCC/C=C\C/C=C\C/C=C\CC)OC(=O)CCCCCC/C=C\C/C=C\C/C=C\C/C=C\CC. The highest BCUT2D eigenvalue weighted by Gasteiger charge is 2.50. The quantitative estimate of drug-likeness (QED) is 0.0228. The van der Waals surface area contributed by atoms with E-state index in [1.807, 2.05) is 12.2 Å². The Morgan fingerprint density at radius 3 is 1.22 bits per heavy atom. The first-order chi connectivity index (χ1) is 37.6. The molecule has 1 aliphatic heterocycles. The molecule has 0 amide bonds. The van der Waals surface area contributed by atoms with Gasteiger partial charge in [-0.25, -0.2) is 4.79 Å². The molecule has 6 atom stereocenters. The van der Waals surface area contributed by atoms with Crippen molar-refractivity contribution in [2.75, 3.05) is 13.2 Å². The fourth-order valence-electron chi connectivity index (χ4n) is 7.58. The van der Waals surface area contributed by atoms with Crippen LogP contribution in [0, 0.1) is 0 Å². The average molecular weight is 1070 g/mol. The molecule has 430 valence electrons. The molecule has 0 aromatic rings. The normalized spacial score (nSPS) is 19.1. The summed E-state index contributed by atoms with van der Waals surface area (Å²) >= 11 is 0. The number of carbonyl (C=O) groups excluding carboxylic acids is 3. The lowest BCUT2D eigenvalue weighted by atomic mass is 9.98. The Labute approximate surface area is 463 Å². The molecule has 0 bridgehead atoms. The van der Waals surface area contributed by atoms with Crippen LogP contribution >= 0.6 is 0 Å². The number of carboxylic acids is 1. The van der Waals surface area contributed by atoms with E-state index in [-0.39, 0.29) is 25.9 Å². The van der Waals surface area contributed by atoms with Crippen LogP contribution in [0.2, 0.25) is 0 Å². The van der Waals surface area contributed by atoms with Crippen molar-refractivity contribution in [1.82, 2.24) is 0 Å². The van der Waals surface area contributed by atoms with Gasteiger partial charge in [-0.05, 0) is 128 Å². The van der Waals surface area contributed by atoms with Crippen molar-refractivity contribution in [3.05, 3.63) is 146 Å². The summed E-state index contributed by atoms with van der Waals surface area (Å²) in [6, 6.07) is 0. The Morgan fingerprint density at radius 2 is 0.792 bits per heavy atom. The highest BCUT2D eigenvalue weighted by atomic mass is 16.7. The number of ether oxygens (including phenoxy) is 5. The Morgan fingerprint density at radius 1 is 0.429 bits per heavy atom. The number of carboxylic acid groups (broad SMARTS) is 1. The molecular formula is C65H98O12. The van der Waals surface area contributed by atoms with E-state index in [2.05, 4.69) is 154 Å². The Bertz CT molecular complexity index is 1890. The number of unbranched alkanes of at least 4 members (excludes halogenated alkanes) is 8. The van der Waals surface area contributed by atoms with E-state index in [1.165, 1.54) is 0 Å². The first kappa shape index (κ1) is 69.6. The lowest BCUT2D eigenvalue weighted by Crippen LogP contribution is -2.61. The number of esters is 3. The third kappa shape index (κ3) is 41.4. The zero-order valence-corrected chi connectivity index (χ0v) is 47.1. The minimum atomic E-state index is -1.93. The van der Waals surface area contributed by atoms with E-state index in [4.69, 9.17) is 23.7 Å². The van der Waals surface area contributed by atoms with Crippen LogP contribution in [0.4, 0.5) is 0 Å². The summed E-state index contributed by atoms with van der Waals surface area (Å²) in [4.78, 5) is 51.1. The summed E-state index contributed by atoms with van der Waals surface area (Å²) in [5, 5.41) is 31.4. The highest BCUT2D eigenvalue weighted by molar-refractivity contribution is 5.74. The largest absolute Gasteiger partial charge is 0.479 e. The number of rotatable bonds is 46.